The Morgan fingerprint density at radius 2 is 2.17 bits per heavy atom. The minimum Gasteiger partial charge on any atom is -0.309 e. The van der Waals surface area contributed by atoms with Gasteiger partial charge in [-0.3, -0.25) is 0 Å². The standard InChI is InChI=1S/C5H13N/c1-4-5-6(2)3/h4-5H2,1-3H3/i4D2. The van der Waals surface area contributed by atoms with Crippen LogP contribution >= 0.6 is 0 Å². The van der Waals surface area contributed by atoms with Crippen molar-refractivity contribution in [3.05, 3.63) is 0 Å². The van der Waals surface area contributed by atoms with Gasteiger partial charge in [0.05, 0.1) is 0 Å². The molecule has 6 heavy (non-hydrogen) atoms. The summed E-state index contributed by atoms with van der Waals surface area (Å²) in [5.74, 6) is 0. The Morgan fingerprint density at radius 3 is 2.17 bits per heavy atom. The van der Waals surface area contributed by atoms with E-state index in [4.69, 9.17) is 2.74 Å². The zero-order valence-corrected chi connectivity index (χ0v) is 4.65. The van der Waals surface area contributed by atoms with Crippen molar-refractivity contribution in [2.24, 2.45) is 0 Å². The molecule has 0 heterocycles. The summed E-state index contributed by atoms with van der Waals surface area (Å²) in [6, 6.07) is 0. The molecule has 0 N–H and O–H groups in total. The Balaban J connectivity index is 3.39. The van der Waals surface area contributed by atoms with E-state index in [0.717, 1.165) is 0 Å². The zero-order valence-electron chi connectivity index (χ0n) is 6.65. The zero-order chi connectivity index (χ0) is 6.78. The lowest BCUT2D eigenvalue weighted by atomic mass is 10.5. The molecule has 0 rings (SSSR count). The summed E-state index contributed by atoms with van der Waals surface area (Å²) < 4.78 is 14.2. The summed E-state index contributed by atoms with van der Waals surface area (Å²) in [4.78, 5) is 1.83. The van der Waals surface area contributed by atoms with Gasteiger partial charge >= 0.3 is 0 Å². The maximum atomic E-state index is 7.09. The lowest BCUT2D eigenvalue weighted by molar-refractivity contribution is 0.408. The van der Waals surface area contributed by atoms with E-state index in [1.165, 1.54) is 0 Å². The van der Waals surface area contributed by atoms with Crippen molar-refractivity contribution in [3.8, 4) is 0 Å². The van der Waals surface area contributed by atoms with E-state index in [2.05, 4.69) is 0 Å². The Bertz CT molecular complexity index is 65.3. The van der Waals surface area contributed by atoms with E-state index in [9.17, 15) is 0 Å². The van der Waals surface area contributed by atoms with Crippen molar-refractivity contribution >= 4 is 0 Å². The molecule has 0 aromatic heterocycles. The van der Waals surface area contributed by atoms with Gasteiger partial charge in [-0.15, -0.1) is 0 Å². The van der Waals surface area contributed by atoms with Crippen LogP contribution in [-0.4, -0.2) is 25.5 Å². The molecule has 0 aliphatic carbocycles. The number of hydrogen-bond acceptors (Lipinski definition) is 1. The van der Waals surface area contributed by atoms with Gasteiger partial charge in [0.2, 0.25) is 0 Å². The van der Waals surface area contributed by atoms with E-state index in [1.807, 2.05) is 19.0 Å². The van der Waals surface area contributed by atoms with Crippen LogP contribution in [0.5, 0.6) is 0 Å². The minimum atomic E-state index is -1.05. The van der Waals surface area contributed by atoms with Crippen molar-refractivity contribution in [3.63, 3.8) is 0 Å². The molecule has 0 atom stereocenters. The van der Waals surface area contributed by atoms with Gasteiger partial charge in [0.15, 0.2) is 0 Å². The normalized spacial score (nSPS) is 17.3. The maximum absolute atomic E-state index is 7.09. The van der Waals surface area contributed by atoms with Gasteiger partial charge < -0.3 is 4.90 Å². The molecular weight excluding hydrogens is 74.1 g/mol. The number of rotatable bonds is 2. The van der Waals surface area contributed by atoms with Crippen molar-refractivity contribution in [1.82, 2.24) is 4.90 Å². The lowest BCUT2D eigenvalue weighted by Crippen LogP contribution is -2.11. The van der Waals surface area contributed by atoms with Gasteiger partial charge in [-0.1, -0.05) is 6.92 Å². The SMILES string of the molecule is [2H]C([2H])(C)CN(C)C. The first-order chi connectivity index (χ1) is 3.42. The third-order valence-electron chi connectivity index (χ3n) is 0.474. The molecule has 0 aliphatic rings. The van der Waals surface area contributed by atoms with Gasteiger partial charge in [-0.2, -0.15) is 0 Å². The topological polar surface area (TPSA) is 3.24 Å². The molecule has 0 fully saturated rings. The van der Waals surface area contributed by atoms with Crippen LogP contribution < -0.4 is 0 Å². The smallest absolute Gasteiger partial charge is 0.0277 e. The predicted molar refractivity (Wildman–Crippen MR) is 28.8 cm³/mol. The first-order valence-corrected chi connectivity index (χ1v) is 2.06. The summed E-state index contributed by atoms with van der Waals surface area (Å²) >= 11 is 0. The Labute approximate surface area is 42.8 Å². The average Bonchev–Trinajstić information content (AvgIpc) is 1.21. The predicted octanol–water partition coefficient (Wildman–Crippen LogP) is 0.958. The Hall–Kier alpha value is -0.0400. The molecule has 0 spiro atoms. The largest absolute Gasteiger partial charge is 0.309 e. The van der Waals surface area contributed by atoms with Gasteiger partial charge in [0.25, 0.3) is 0 Å². The molecule has 1 heteroatoms. The van der Waals surface area contributed by atoms with Crippen LogP contribution in [0.4, 0.5) is 0 Å². The third-order valence-corrected chi connectivity index (χ3v) is 0.474. The fourth-order valence-electron chi connectivity index (χ4n) is 0.316. The fourth-order valence-corrected chi connectivity index (χ4v) is 0.316. The molecule has 1 nitrogen and oxygen atoms in total. The molecule has 0 aromatic rings. The van der Waals surface area contributed by atoms with Crippen LogP contribution in [0.15, 0.2) is 0 Å². The molecule has 38 valence electrons. The number of nitrogens with zero attached hydrogens (tertiary/aromatic N) is 1. The van der Waals surface area contributed by atoms with E-state index in [1.54, 1.807) is 6.92 Å². The molecule has 0 aromatic carbocycles. The highest BCUT2D eigenvalue weighted by atomic mass is 15.0. The van der Waals surface area contributed by atoms with Crippen LogP contribution in [-0.2, 0) is 0 Å². The molecule has 0 radical (unpaired) electrons. The molecular formula is C5H13N. The van der Waals surface area contributed by atoms with Gasteiger partial charge in [0.1, 0.15) is 0 Å². The molecule has 0 amide bonds. The van der Waals surface area contributed by atoms with Crippen LogP contribution in [0.1, 0.15) is 16.0 Å². The summed E-state index contributed by atoms with van der Waals surface area (Å²) in [6.45, 7) is 2.07. The van der Waals surface area contributed by atoms with Crippen molar-refractivity contribution in [2.45, 2.75) is 13.3 Å². The Kier molecular flexibility index (Phi) is 1.59. The van der Waals surface area contributed by atoms with Crippen LogP contribution in [0.25, 0.3) is 0 Å². The van der Waals surface area contributed by atoms with Gasteiger partial charge in [-0.25, -0.2) is 0 Å². The van der Waals surface area contributed by atoms with Crippen molar-refractivity contribution in [2.75, 3.05) is 20.6 Å². The summed E-state index contributed by atoms with van der Waals surface area (Å²) in [7, 11) is 3.72. The second-order valence-electron chi connectivity index (χ2n) is 1.59. The third kappa shape index (κ3) is 3.96. The maximum Gasteiger partial charge on any atom is 0.0277 e. The van der Waals surface area contributed by atoms with Crippen molar-refractivity contribution < 1.29 is 2.74 Å². The monoisotopic (exact) mass is 89.1 g/mol. The molecule has 0 saturated carbocycles. The van der Waals surface area contributed by atoms with Crippen LogP contribution in [0, 0.1) is 0 Å². The Morgan fingerprint density at radius 1 is 1.67 bits per heavy atom. The highest BCUT2D eigenvalue weighted by Gasteiger charge is 1.79. The molecule has 0 saturated heterocycles. The molecule has 0 bridgehead atoms. The number of hydrogen-bond donors (Lipinski definition) is 0. The van der Waals surface area contributed by atoms with Gasteiger partial charge in [0, 0.05) is 2.74 Å². The summed E-state index contributed by atoms with van der Waals surface area (Å²) in [5, 5.41) is 0. The van der Waals surface area contributed by atoms with E-state index >= 15 is 0 Å². The highest BCUT2D eigenvalue weighted by molar-refractivity contribution is 4.34. The highest BCUT2D eigenvalue weighted by Crippen LogP contribution is 1.76. The molecule has 0 unspecified atom stereocenters. The van der Waals surface area contributed by atoms with Crippen molar-refractivity contribution in [1.29, 1.82) is 0 Å². The molecule has 0 aliphatic heterocycles. The minimum absolute atomic E-state index is 0.493. The second kappa shape index (κ2) is 3.16. The van der Waals surface area contributed by atoms with E-state index in [0.29, 0.717) is 6.54 Å². The van der Waals surface area contributed by atoms with Crippen LogP contribution in [0.3, 0.4) is 0 Å². The average molecular weight is 89.2 g/mol. The summed E-state index contributed by atoms with van der Waals surface area (Å²) in [5.41, 5.74) is 0. The summed E-state index contributed by atoms with van der Waals surface area (Å²) in [6.07, 6.45) is -1.05. The van der Waals surface area contributed by atoms with Crippen LogP contribution in [0.2, 0.25) is 0 Å². The van der Waals surface area contributed by atoms with E-state index < -0.39 is 6.37 Å². The van der Waals surface area contributed by atoms with E-state index in [-0.39, 0.29) is 0 Å². The first-order valence-electron chi connectivity index (χ1n) is 3.06. The first kappa shape index (κ1) is 3.03. The second-order valence-corrected chi connectivity index (χ2v) is 1.59. The van der Waals surface area contributed by atoms with Gasteiger partial charge in [-0.05, 0) is 27.0 Å². The quantitative estimate of drug-likeness (QED) is 0.487. The lowest BCUT2D eigenvalue weighted by Gasteiger charge is -2.03. The fraction of sp³-hybridized carbons (Fsp3) is 1.00.